The van der Waals surface area contributed by atoms with E-state index in [-0.39, 0.29) is 6.10 Å². The lowest BCUT2D eigenvalue weighted by atomic mass is 10.2. The molecule has 2 aromatic rings. The van der Waals surface area contributed by atoms with Crippen molar-refractivity contribution >= 4 is 27.5 Å². The van der Waals surface area contributed by atoms with Crippen LogP contribution in [-0.4, -0.2) is 24.4 Å². The number of ether oxygens (including phenoxy) is 2. The third-order valence-electron chi connectivity index (χ3n) is 3.41. The average Bonchev–Trinajstić information content (AvgIpc) is 2.54. The van der Waals surface area contributed by atoms with Crippen molar-refractivity contribution in [2.24, 2.45) is 0 Å². The van der Waals surface area contributed by atoms with Gasteiger partial charge in [-0.15, -0.1) is 0 Å². The fourth-order valence-corrected chi connectivity index (χ4v) is 3.15. The van der Waals surface area contributed by atoms with Gasteiger partial charge in [0.25, 0.3) is 0 Å². The average molecular weight is 429 g/mol. The number of hydrogen-bond acceptors (Lipinski definition) is 4. The molecule has 0 aromatic heterocycles. The first-order valence-corrected chi connectivity index (χ1v) is 9.38. The molecule has 0 fully saturated rings. The molecule has 6 heteroatoms. The normalized spacial score (nSPS) is 12.0. The summed E-state index contributed by atoms with van der Waals surface area (Å²) in [5.41, 5.74) is 2.04. The molecule has 2 N–H and O–H groups in total. The van der Waals surface area contributed by atoms with Crippen LogP contribution in [0.25, 0.3) is 0 Å². The number of hydrogen-bond donors (Lipinski definition) is 2. The molecular weight excluding hydrogens is 406 g/mol. The first kappa shape index (κ1) is 20.0. The molecule has 136 valence electrons. The van der Waals surface area contributed by atoms with Crippen molar-refractivity contribution in [1.82, 2.24) is 5.32 Å². The highest BCUT2D eigenvalue weighted by Crippen LogP contribution is 2.37. The molecule has 2 rings (SSSR count). The van der Waals surface area contributed by atoms with Gasteiger partial charge in [-0.3, -0.25) is 0 Å². The van der Waals surface area contributed by atoms with Crippen LogP contribution >= 0.6 is 27.5 Å². The molecule has 0 amide bonds. The highest BCUT2D eigenvalue weighted by atomic mass is 79.9. The first-order chi connectivity index (χ1) is 12.0. The van der Waals surface area contributed by atoms with Gasteiger partial charge in [0.1, 0.15) is 6.61 Å². The van der Waals surface area contributed by atoms with Gasteiger partial charge in [-0.05, 0) is 65.2 Å². The van der Waals surface area contributed by atoms with Crippen molar-refractivity contribution in [3.05, 3.63) is 57.0 Å². The van der Waals surface area contributed by atoms with Gasteiger partial charge < -0.3 is 19.9 Å². The Kier molecular flexibility index (Phi) is 8.03. The van der Waals surface area contributed by atoms with E-state index in [4.69, 9.17) is 21.1 Å². The summed E-state index contributed by atoms with van der Waals surface area (Å²) in [4.78, 5) is 0. The summed E-state index contributed by atoms with van der Waals surface area (Å²) < 4.78 is 12.5. The van der Waals surface area contributed by atoms with Crippen LogP contribution in [0.2, 0.25) is 5.02 Å². The molecule has 0 saturated carbocycles. The van der Waals surface area contributed by atoms with Crippen molar-refractivity contribution in [3.63, 3.8) is 0 Å². The SMILES string of the molecule is CCOc1cc(CNC[C@@H](C)O)cc(Br)c1OCc1cccc(Cl)c1. The lowest BCUT2D eigenvalue weighted by Gasteiger charge is -2.16. The largest absolute Gasteiger partial charge is 0.490 e. The van der Waals surface area contributed by atoms with E-state index in [1.54, 1.807) is 6.92 Å². The van der Waals surface area contributed by atoms with Gasteiger partial charge in [0.2, 0.25) is 0 Å². The Morgan fingerprint density at radius 1 is 1.20 bits per heavy atom. The van der Waals surface area contributed by atoms with E-state index in [0.29, 0.717) is 42.8 Å². The second-order valence-corrected chi connectivity index (χ2v) is 7.03. The molecule has 0 saturated heterocycles. The number of rotatable bonds is 9. The lowest BCUT2D eigenvalue weighted by Crippen LogP contribution is -2.23. The summed E-state index contributed by atoms with van der Waals surface area (Å²) in [7, 11) is 0. The molecular formula is C19H23BrClNO3. The van der Waals surface area contributed by atoms with Gasteiger partial charge >= 0.3 is 0 Å². The maximum atomic E-state index is 9.34. The molecule has 0 aliphatic heterocycles. The number of aliphatic hydroxyl groups is 1. The van der Waals surface area contributed by atoms with Crippen LogP contribution in [0.4, 0.5) is 0 Å². The molecule has 25 heavy (non-hydrogen) atoms. The summed E-state index contributed by atoms with van der Waals surface area (Å²) in [6, 6.07) is 11.5. The van der Waals surface area contributed by atoms with Crippen LogP contribution < -0.4 is 14.8 Å². The van der Waals surface area contributed by atoms with Crippen molar-refractivity contribution < 1.29 is 14.6 Å². The van der Waals surface area contributed by atoms with E-state index in [2.05, 4.69) is 21.2 Å². The molecule has 0 unspecified atom stereocenters. The quantitative estimate of drug-likeness (QED) is 0.615. The minimum absolute atomic E-state index is 0.380. The van der Waals surface area contributed by atoms with Gasteiger partial charge in [0.15, 0.2) is 11.5 Å². The van der Waals surface area contributed by atoms with Crippen LogP contribution in [0.3, 0.4) is 0 Å². The van der Waals surface area contributed by atoms with Crippen LogP contribution in [0.1, 0.15) is 25.0 Å². The zero-order valence-corrected chi connectivity index (χ0v) is 16.7. The molecule has 1 atom stereocenters. The van der Waals surface area contributed by atoms with Gasteiger partial charge in [0, 0.05) is 18.1 Å². The monoisotopic (exact) mass is 427 g/mol. The highest BCUT2D eigenvalue weighted by Gasteiger charge is 2.13. The lowest BCUT2D eigenvalue weighted by molar-refractivity contribution is 0.191. The maximum Gasteiger partial charge on any atom is 0.175 e. The van der Waals surface area contributed by atoms with Crippen molar-refractivity contribution in [1.29, 1.82) is 0 Å². The highest BCUT2D eigenvalue weighted by molar-refractivity contribution is 9.10. The van der Waals surface area contributed by atoms with Gasteiger partial charge in [-0.1, -0.05) is 23.7 Å². The van der Waals surface area contributed by atoms with Crippen LogP contribution in [0.5, 0.6) is 11.5 Å². The number of nitrogens with one attached hydrogen (secondary N) is 1. The zero-order valence-electron chi connectivity index (χ0n) is 14.4. The van der Waals surface area contributed by atoms with Crippen LogP contribution in [0.15, 0.2) is 40.9 Å². The van der Waals surface area contributed by atoms with Gasteiger partial charge in [0.05, 0.1) is 17.2 Å². The molecule has 2 aromatic carbocycles. The van der Waals surface area contributed by atoms with Gasteiger partial charge in [-0.2, -0.15) is 0 Å². The third-order valence-corrected chi connectivity index (χ3v) is 4.23. The summed E-state index contributed by atoms with van der Waals surface area (Å²) >= 11 is 9.58. The number of benzene rings is 2. The fraction of sp³-hybridized carbons (Fsp3) is 0.368. The van der Waals surface area contributed by atoms with E-state index >= 15 is 0 Å². The molecule has 0 aliphatic carbocycles. The fourth-order valence-electron chi connectivity index (χ4n) is 2.33. The predicted molar refractivity (Wildman–Crippen MR) is 104 cm³/mol. The Bertz CT molecular complexity index is 694. The predicted octanol–water partition coefficient (Wildman–Crippen LogP) is 4.55. The van der Waals surface area contributed by atoms with Crippen LogP contribution in [-0.2, 0) is 13.2 Å². The standard InChI is InChI=1S/C19H23BrClNO3/c1-3-24-18-9-15(11-22-10-13(2)23)8-17(20)19(18)25-12-14-5-4-6-16(21)7-14/h4-9,13,22-23H,3,10-12H2,1-2H3/t13-/m1/s1. The second kappa shape index (κ2) is 10.0. The Balaban J connectivity index is 2.12. The summed E-state index contributed by atoms with van der Waals surface area (Å²) in [5, 5.41) is 13.2. The zero-order chi connectivity index (χ0) is 18.2. The molecule has 0 radical (unpaired) electrons. The van der Waals surface area contributed by atoms with Gasteiger partial charge in [-0.25, -0.2) is 0 Å². The van der Waals surface area contributed by atoms with E-state index < -0.39 is 0 Å². The molecule has 0 aliphatic rings. The minimum Gasteiger partial charge on any atom is -0.490 e. The molecule has 0 bridgehead atoms. The van der Waals surface area contributed by atoms with Crippen molar-refractivity contribution in [2.75, 3.05) is 13.2 Å². The van der Waals surface area contributed by atoms with E-state index in [1.807, 2.05) is 43.3 Å². The Hall–Kier alpha value is -1.27. The summed E-state index contributed by atoms with van der Waals surface area (Å²) in [5.74, 6) is 1.36. The Morgan fingerprint density at radius 2 is 2.00 bits per heavy atom. The minimum atomic E-state index is -0.380. The van der Waals surface area contributed by atoms with E-state index in [0.717, 1.165) is 15.6 Å². The number of aliphatic hydroxyl groups excluding tert-OH is 1. The molecule has 4 nitrogen and oxygen atoms in total. The van der Waals surface area contributed by atoms with Crippen molar-refractivity contribution in [3.8, 4) is 11.5 Å². The third kappa shape index (κ3) is 6.51. The summed E-state index contributed by atoms with van der Waals surface area (Å²) in [6.07, 6.45) is -0.380. The van der Waals surface area contributed by atoms with Crippen molar-refractivity contribution in [2.45, 2.75) is 33.1 Å². The Morgan fingerprint density at radius 3 is 2.68 bits per heavy atom. The Labute approximate surface area is 162 Å². The maximum absolute atomic E-state index is 9.34. The topological polar surface area (TPSA) is 50.7 Å². The first-order valence-electron chi connectivity index (χ1n) is 8.20. The van der Waals surface area contributed by atoms with Crippen LogP contribution in [0, 0.1) is 0 Å². The number of halogens is 2. The smallest absolute Gasteiger partial charge is 0.175 e. The molecule has 0 spiro atoms. The molecule has 0 heterocycles. The second-order valence-electron chi connectivity index (χ2n) is 5.74. The summed E-state index contributed by atoms with van der Waals surface area (Å²) in [6.45, 7) is 5.81. The van der Waals surface area contributed by atoms with E-state index in [1.165, 1.54) is 0 Å². The van der Waals surface area contributed by atoms with E-state index in [9.17, 15) is 5.11 Å².